The maximum Gasteiger partial charge on any atom is 0.416 e. The lowest BCUT2D eigenvalue weighted by Gasteiger charge is -2.13. The summed E-state index contributed by atoms with van der Waals surface area (Å²) in [6.07, 6.45) is -3.80. The summed E-state index contributed by atoms with van der Waals surface area (Å²) < 4.78 is 37.6. The monoisotopic (exact) mass is 303 g/mol. The van der Waals surface area contributed by atoms with Gasteiger partial charge < -0.3 is 15.7 Å². The average Bonchev–Trinajstić information content (AvgIpc) is 2.81. The van der Waals surface area contributed by atoms with Crippen LogP contribution in [0.3, 0.4) is 0 Å². The van der Waals surface area contributed by atoms with Gasteiger partial charge in [0.2, 0.25) is 5.91 Å². The molecule has 21 heavy (non-hydrogen) atoms. The number of carbonyl (C=O) groups excluding carboxylic acids is 1. The fourth-order valence-electron chi connectivity index (χ4n) is 2.18. The third-order valence-corrected chi connectivity index (χ3v) is 3.36. The molecule has 2 atom stereocenters. The first-order valence-electron chi connectivity index (χ1n) is 6.54. The van der Waals surface area contributed by atoms with E-state index >= 15 is 0 Å². The number of hydrogen-bond acceptors (Lipinski definition) is 4. The Bertz CT molecular complexity index is 508. The molecule has 1 aromatic heterocycles. The van der Waals surface area contributed by atoms with Gasteiger partial charge in [0.15, 0.2) is 0 Å². The number of nitrogens with one attached hydrogen (secondary N) is 2. The normalized spacial score (nSPS) is 22.3. The smallest absolute Gasteiger partial charge is 0.391 e. The van der Waals surface area contributed by atoms with Gasteiger partial charge in [-0.3, -0.25) is 9.78 Å². The van der Waals surface area contributed by atoms with Crippen molar-refractivity contribution in [2.45, 2.75) is 25.2 Å². The van der Waals surface area contributed by atoms with Gasteiger partial charge in [0.05, 0.1) is 23.9 Å². The van der Waals surface area contributed by atoms with Crippen molar-refractivity contribution in [2.24, 2.45) is 5.92 Å². The van der Waals surface area contributed by atoms with E-state index in [1.165, 1.54) is 0 Å². The second-order valence-corrected chi connectivity index (χ2v) is 5.00. The fourth-order valence-corrected chi connectivity index (χ4v) is 2.18. The van der Waals surface area contributed by atoms with E-state index in [1.807, 2.05) is 0 Å². The molecule has 8 heteroatoms. The highest BCUT2D eigenvalue weighted by Crippen LogP contribution is 2.28. The zero-order valence-corrected chi connectivity index (χ0v) is 11.2. The van der Waals surface area contributed by atoms with Gasteiger partial charge in [-0.25, -0.2) is 0 Å². The Labute approximate surface area is 119 Å². The maximum atomic E-state index is 12.5. The van der Waals surface area contributed by atoms with E-state index in [0.29, 0.717) is 13.1 Å². The Morgan fingerprint density at radius 1 is 1.48 bits per heavy atom. The molecule has 1 amide bonds. The van der Waals surface area contributed by atoms with Crippen LogP contribution in [0.4, 0.5) is 13.2 Å². The Balaban J connectivity index is 1.86. The SMILES string of the molecule is O=C(C[C@@H]1CNC[C@H]1O)NCc1cc(C(F)(F)F)ccn1. The molecule has 0 aromatic carbocycles. The van der Waals surface area contributed by atoms with Crippen LogP contribution >= 0.6 is 0 Å². The van der Waals surface area contributed by atoms with Gasteiger partial charge in [-0.2, -0.15) is 13.2 Å². The van der Waals surface area contributed by atoms with Crippen molar-refractivity contribution < 1.29 is 23.1 Å². The molecule has 5 nitrogen and oxygen atoms in total. The molecule has 2 heterocycles. The lowest BCUT2D eigenvalue weighted by molar-refractivity contribution is -0.137. The molecule has 0 spiro atoms. The van der Waals surface area contributed by atoms with Crippen LogP contribution in [0.1, 0.15) is 17.7 Å². The lowest BCUT2D eigenvalue weighted by Crippen LogP contribution is -2.29. The van der Waals surface area contributed by atoms with Crippen LogP contribution in [0.25, 0.3) is 0 Å². The Morgan fingerprint density at radius 3 is 2.86 bits per heavy atom. The molecule has 3 N–H and O–H groups in total. The van der Waals surface area contributed by atoms with Gasteiger partial charge in [0.1, 0.15) is 0 Å². The van der Waals surface area contributed by atoms with Crippen molar-refractivity contribution in [2.75, 3.05) is 13.1 Å². The van der Waals surface area contributed by atoms with Crippen molar-refractivity contribution in [3.63, 3.8) is 0 Å². The molecular weight excluding hydrogens is 287 g/mol. The van der Waals surface area contributed by atoms with E-state index < -0.39 is 17.8 Å². The highest BCUT2D eigenvalue weighted by Gasteiger charge is 2.31. The number of nitrogens with zero attached hydrogens (tertiary/aromatic N) is 1. The summed E-state index contributed by atoms with van der Waals surface area (Å²) in [4.78, 5) is 15.5. The van der Waals surface area contributed by atoms with Crippen molar-refractivity contribution in [1.82, 2.24) is 15.6 Å². The molecule has 1 aliphatic heterocycles. The molecule has 1 fully saturated rings. The van der Waals surface area contributed by atoms with Gasteiger partial charge in [-0.1, -0.05) is 0 Å². The van der Waals surface area contributed by atoms with Crippen LogP contribution in [0.5, 0.6) is 0 Å². The minimum atomic E-state index is -4.43. The second kappa shape index (κ2) is 6.40. The van der Waals surface area contributed by atoms with Gasteiger partial charge in [0, 0.05) is 31.6 Å². The zero-order valence-electron chi connectivity index (χ0n) is 11.2. The number of carbonyl (C=O) groups is 1. The number of hydrogen-bond donors (Lipinski definition) is 3. The van der Waals surface area contributed by atoms with E-state index in [0.717, 1.165) is 18.3 Å². The second-order valence-electron chi connectivity index (χ2n) is 5.00. The first-order chi connectivity index (χ1) is 9.86. The first kappa shape index (κ1) is 15.7. The third kappa shape index (κ3) is 4.40. The molecule has 0 radical (unpaired) electrons. The number of amides is 1. The minimum Gasteiger partial charge on any atom is -0.391 e. The molecule has 0 unspecified atom stereocenters. The summed E-state index contributed by atoms with van der Waals surface area (Å²) in [5.41, 5.74) is -0.652. The number of halogens is 3. The molecule has 1 aromatic rings. The minimum absolute atomic E-state index is 0.0704. The van der Waals surface area contributed by atoms with Crippen LogP contribution in [0.15, 0.2) is 18.3 Å². The summed E-state index contributed by atoms with van der Waals surface area (Å²) in [5, 5.41) is 15.0. The van der Waals surface area contributed by atoms with Gasteiger partial charge in [0.25, 0.3) is 0 Å². The number of aromatic nitrogens is 1. The molecule has 0 aliphatic carbocycles. The van der Waals surface area contributed by atoms with Crippen LogP contribution in [0.2, 0.25) is 0 Å². The summed E-state index contributed by atoms with van der Waals surface area (Å²) in [7, 11) is 0. The molecule has 0 bridgehead atoms. The molecule has 1 aliphatic rings. The largest absolute Gasteiger partial charge is 0.416 e. The standard InChI is InChI=1S/C13H16F3N3O2/c14-13(15,16)9-1-2-18-10(4-9)6-19-12(21)3-8-5-17-7-11(8)20/h1-2,4,8,11,17,20H,3,5-7H2,(H,19,21)/t8-,11-/m1/s1. The van der Waals surface area contributed by atoms with Crippen molar-refractivity contribution >= 4 is 5.91 Å². The summed E-state index contributed by atoms with van der Waals surface area (Å²) in [5.74, 6) is -0.485. The van der Waals surface area contributed by atoms with Crippen molar-refractivity contribution in [3.8, 4) is 0 Å². The lowest BCUT2D eigenvalue weighted by atomic mass is 10.0. The quantitative estimate of drug-likeness (QED) is 0.765. The number of β-amino-alcohol motifs (C(OH)–C–C–N with tert-alkyl or cyclic N) is 1. The van der Waals surface area contributed by atoms with E-state index in [1.54, 1.807) is 0 Å². The Kier molecular flexibility index (Phi) is 4.79. The third-order valence-electron chi connectivity index (χ3n) is 3.36. The highest BCUT2D eigenvalue weighted by molar-refractivity contribution is 5.76. The zero-order chi connectivity index (χ0) is 15.5. The predicted octanol–water partition coefficient (Wildman–Crippen LogP) is 0.687. The van der Waals surface area contributed by atoms with Crippen LogP contribution < -0.4 is 10.6 Å². The van der Waals surface area contributed by atoms with Crippen LogP contribution in [-0.4, -0.2) is 35.2 Å². The van der Waals surface area contributed by atoms with Gasteiger partial charge in [-0.05, 0) is 12.1 Å². The van der Waals surface area contributed by atoms with E-state index in [-0.39, 0.29) is 30.5 Å². The van der Waals surface area contributed by atoms with Crippen LogP contribution in [-0.2, 0) is 17.5 Å². The molecule has 116 valence electrons. The summed E-state index contributed by atoms with van der Waals surface area (Å²) >= 11 is 0. The van der Waals surface area contributed by atoms with Gasteiger partial charge >= 0.3 is 6.18 Å². The Hall–Kier alpha value is -1.67. The number of pyridine rings is 1. The van der Waals surface area contributed by atoms with E-state index in [4.69, 9.17) is 0 Å². The maximum absolute atomic E-state index is 12.5. The average molecular weight is 303 g/mol. The van der Waals surface area contributed by atoms with Gasteiger partial charge in [-0.15, -0.1) is 0 Å². The highest BCUT2D eigenvalue weighted by atomic mass is 19.4. The van der Waals surface area contributed by atoms with Crippen molar-refractivity contribution in [3.05, 3.63) is 29.6 Å². The fraction of sp³-hybridized carbons (Fsp3) is 0.538. The van der Waals surface area contributed by atoms with Crippen LogP contribution in [0, 0.1) is 5.92 Å². The molecule has 2 rings (SSSR count). The number of aliphatic hydroxyl groups excluding tert-OH is 1. The predicted molar refractivity (Wildman–Crippen MR) is 68.1 cm³/mol. The number of alkyl halides is 3. The van der Waals surface area contributed by atoms with Crippen molar-refractivity contribution in [1.29, 1.82) is 0 Å². The first-order valence-corrected chi connectivity index (χ1v) is 6.54. The summed E-state index contributed by atoms with van der Waals surface area (Å²) in [6, 6.07) is 1.79. The van der Waals surface area contributed by atoms with E-state index in [2.05, 4.69) is 15.6 Å². The number of aliphatic hydroxyl groups is 1. The van der Waals surface area contributed by atoms with E-state index in [9.17, 15) is 23.1 Å². The molecule has 0 saturated carbocycles. The molecular formula is C13H16F3N3O2. The summed E-state index contributed by atoms with van der Waals surface area (Å²) in [6.45, 7) is 0.933. The Morgan fingerprint density at radius 2 is 2.24 bits per heavy atom. The topological polar surface area (TPSA) is 74.2 Å². The molecule has 1 saturated heterocycles. The number of rotatable bonds is 4.